The van der Waals surface area contributed by atoms with E-state index in [0.717, 1.165) is 11.4 Å². The van der Waals surface area contributed by atoms with Crippen molar-refractivity contribution in [3.8, 4) is 0 Å². The van der Waals surface area contributed by atoms with Gasteiger partial charge in [0.2, 0.25) is 0 Å². The zero-order chi connectivity index (χ0) is 21.5. The van der Waals surface area contributed by atoms with Crippen molar-refractivity contribution in [2.75, 3.05) is 6.54 Å². The number of nitrogens with zero attached hydrogens (tertiary/aromatic N) is 2. The first-order valence-electron chi connectivity index (χ1n) is 9.83. The van der Waals surface area contributed by atoms with Crippen LogP contribution in [0.2, 0.25) is 0 Å². The fraction of sp³-hybridized carbons (Fsp3) is 0.261. The molecule has 7 heteroatoms. The van der Waals surface area contributed by atoms with E-state index in [1.807, 2.05) is 37.6 Å². The Kier molecular flexibility index (Phi) is 6.85. The smallest absolute Gasteiger partial charge is 0.267 e. The van der Waals surface area contributed by atoms with Crippen LogP contribution in [0.4, 0.5) is 0 Å². The van der Waals surface area contributed by atoms with Crippen molar-refractivity contribution < 1.29 is 14.0 Å². The first-order chi connectivity index (χ1) is 14.4. The standard InChI is InChI=1S/C23H26N4O3/c1-16(15-27-18(3)12-17(2)26-27)14-24-23(29)21(13-20-10-7-11-30-20)25-22(28)19-8-5-4-6-9-19/h4-13,16H,14-15H2,1-3H3,(H,24,29)(H,25,28). The molecule has 0 saturated heterocycles. The molecule has 0 spiro atoms. The van der Waals surface area contributed by atoms with Gasteiger partial charge in [-0.25, -0.2) is 0 Å². The minimum absolute atomic E-state index is 0.122. The molecule has 3 aromatic rings. The van der Waals surface area contributed by atoms with Gasteiger partial charge in [0.1, 0.15) is 11.5 Å². The van der Waals surface area contributed by atoms with E-state index in [0.29, 0.717) is 24.4 Å². The third-order valence-electron chi connectivity index (χ3n) is 4.56. The molecule has 2 amide bonds. The quantitative estimate of drug-likeness (QED) is 0.562. The fourth-order valence-electron chi connectivity index (χ4n) is 3.04. The molecular weight excluding hydrogens is 380 g/mol. The van der Waals surface area contributed by atoms with E-state index in [2.05, 4.69) is 15.7 Å². The third-order valence-corrected chi connectivity index (χ3v) is 4.56. The van der Waals surface area contributed by atoms with Crippen molar-refractivity contribution in [3.05, 3.63) is 83.2 Å². The van der Waals surface area contributed by atoms with Gasteiger partial charge < -0.3 is 15.1 Å². The van der Waals surface area contributed by atoms with Gasteiger partial charge in [0.05, 0.1) is 12.0 Å². The highest BCUT2D eigenvalue weighted by atomic mass is 16.3. The van der Waals surface area contributed by atoms with Gasteiger partial charge >= 0.3 is 0 Å². The number of hydrogen-bond donors (Lipinski definition) is 2. The van der Waals surface area contributed by atoms with Crippen LogP contribution in [-0.4, -0.2) is 28.1 Å². The molecule has 1 aromatic carbocycles. The van der Waals surface area contributed by atoms with Crippen molar-refractivity contribution in [1.29, 1.82) is 0 Å². The normalized spacial score (nSPS) is 12.4. The number of rotatable bonds is 8. The minimum Gasteiger partial charge on any atom is -0.465 e. The monoisotopic (exact) mass is 406 g/mol. The van der Waals surface area contributed by atoms with E-state index >= 15 is 0 Å². The molecule has 0 fully saturated rings. The van der Waals surface area contributed by atoms with Gasteiger partial charge in [-0.2, -0.15) is 5.10 Å². The Labute approximate surface area is 175 Å². The zero-order valence-electron chi connectivity index (χ0n) is 17.4. The van der Waals surface area contributed by atoms with Gasteiger partial charge in [-0.05, 0) is 50.1 Å². The number of aryl methyl sites for hydroxylation is 2. The molecule has 2 heterocycles. The molecule has 1 atom stereocenters. The van der Waals surface area contributed by atoms with Gasteiger partial charge in [-0.15, -0.1) is 0 Å². The van der Waals surface area contributed by atoms with E-state index in [9.17, 15) is 9.59 Å². The number of benzene rings is 1. The summed E-state index contributed by atoms with van der Waals surface area (Å²) in [7, 11) is 0. The molecule has 7 nitrogen and oxygen atoms in total. The predicted molar refractivity (Wildman–Crippen MR) is 114 cm³/mol. The maximum atomic E-state index is 12.8. The molecule has 30 heavy (non-hydrogen) atoms. The number of carbonyl (C=O) groups excluding carboxylic acids is 2. The lowest BCUT2D eigenvalue weighted by atomic mass is 10.1. The average Bonchev–Trinajstić information content (AvgIpc) is 3.35. The van der Waals surface area contributed by atoms with Crippen molar-refractivity contribution in [1.82, 2.24) is 20.4 Å². The number of hydrogen-bond acceptors (Lipinski definition) is 4. The molecule has 3 rings (SSSR count). The summed E-state index contributed by atoms with van der Waals surface area (Å²) in [4.78, 5) is 25.3. The Morgan fingerprint density at radius 3 is 2.57 bits per heavy atom. The van der Waals surface area contributed by atoms with Crippen LogP contribution in [0, 0.1) is 19.8 Å². The number of amides is 2. The van der Waals surface area contributed by atoms with Gasteiger partial charge in [0, 0.05) is 30.4 Å². The van der Waals surface area contributed by atoms with Crippen LogP contribution in [-0.2, 0) is 11.3 Å². The van der Waals surface area contributed by atoms with Crippen molar-refractivity contribution >= 4 is 17.9 Å². The third kappa shape index (κ3) is 5.70. The van der Waals surface area contributed by atoms with E-state index in [1.54, 1.807) is 36.4 Å². The molecule has 2 aromatic heterocycles. The van der Waals surface area contributed by atoms with E-state index in [4.69, 9.17) is 4.42 Å². The Morgan fingerprint density at radius 2 is 1.93 bits per heavy atom. The highest BCUT2D eigenvalue weighted by Crippen LogP contribution is 2.09. The molecule has 0 aliphatic carbocycles. The molecule has 156 valence electrons. The average molecular weight is 406 g/mol. The Hall–Kier alpha value is -3.61. The van der Waals surface area contributed by atoms with Crippen molar-refractivity contribution in [3.63, 3.8) is 0 Å². The molecule has 2 N–H and O–H groups in total. The lowest BCUT2D eigenvalue weighted by Crippen LogP contribution is -2.37. The second kappa shape index (κ2) is 9.73. The first kappa shape index (κ1) is 21.1. The van der Waals surface area contributed by atoms with Crippen LogP contribution < -0.4 is 10.6 Å². The first-order valence-corrected chi connectivity index (χ1v) is 9.83. The molecule has 0 radical (unpaired) electrons. The summed E-state index contributed by atoms with van der Waals surface area (Å²) in [6.07, 6.45) is 3.03. The number of furan rings is 1. The summed E-state index contributed by atoms with van der Waals surface area (Å²) in [5, 5.41) is 10.0. The summed E-state index contributed by atoms with van der Waals surface area (Å²) < 4.78 is 7.24. The molecular formula is C23H26N4O3. The van der Waals surface area contributed by atoms with Crippen LogP contribution in [0.1, 0.15) is 34.4 Å². The predicted octanol–water partition coefficient (Wildman–Crippen LogP) is 3.32. The van der Waals surface area contributed by atoms with Crippen LogP contribution in [0.5, 0.6) is 0 Å². The van der Waals surface area contributed by atoms with Crippen LogP contribution in [0.25, 0.3) is 6.08 Å². The van der Waals surface area contributed by atoms with Gasteiger partial charge in [-0.1, -0.05) is 25.1 Å². The second-order valence-electron chi connectivity index (χ2n) is 7.32. The second-order valence-corrected chi connectivity index (χ2v) is 7.32. The Bertz CT molecular complexity index is 1020. The molecule has 0 aliphatic heterocycles. The van der Waals surface area contributed by atoms with Gasteiger partial charge in [0.15, 0.2) is 0 Å². The van der Waals surface area contributed by atoms with Crippen LogP contribution in [0.15, 0.2) is 64.9 Å². The highest BCUT2D eigenvalue weighted by molar-refractivity contribution is 6.05. The van der Waals surface area contributed by atoms with E-state index in [-0.39, 0.29) is 23.4 Å². The maximum Gasteiger partial charge on any atom is 0.267 e. The zero-order valence-corrected chi connectivity index (χ0v) is 17.4. The Balaban J connectivity index is 1.66. The number of carbonyl (C=O) groups is 2. The lowest BCUT2D eigenvalue weighted by molar-refractivity contribution is -0.117. The number of nitrogens with one attached hydrogen (secondary N) is 2. The number of aromatic nitrogens is 2. The van der Waals surface area contributed by atoms with E-state index in [1.165, 1.54) is 12.3 Å². The largest absolute Gasteiger partial charge is 0.465 e. The highest BCUT2D eigenvalue weighted by Gasteiger charge is 2.16. The van der Waals surface area contributed by atoms with E-state index < -0.39 is 0 Å². The summed E-state index contributed by atoms with van der Waals surface area (Å²) in [6, 6.07) is 14.2. The summed E-state index contributed by atoms with van der Waals surface area (Å²) in [6.45, 7) is 7.13. The van der Waals surface area contributed by atoms with Gasteiger partial charge in [0.25, 0.3) is 11.8 Å². The molecule has 0 aliphatic rings. The molecule has 0 bridgehead atoms. The minimum atomic E-state index is -0.379. The topological polar surface area (TPSA) is 89.2 Å². The molecule has 0 saturated carbocycles. The maximum absolute atomic E-state index is 12.8. The summed E-state index contributed by atoms with van der Waals surface area (Å²) in [5.74, 6) is -0.110. The van der Waals surface area contributed by atoms with Crippen LogP contribution in [0.3, 0.4) is 0 Å². The lowest BCUT2D eigenvalue weighted by Gasteiger charge is -2.15. The van der Waals surface area contributed by atoms with Gasteiger partial charge in [-0.3, -0.25) is 14.3 Å². The summed E-state index contributed by atoms with van der Waals surface area (Å²) in [5.41, 5.74) is 2.64. The van der Waals surface area contributed by atoms with Crippen LogP contribution >= 0.6 is 0 Å². The van der Waals surface area contributed by atoms with Crippen molar-refractivity contribution in [2.45, 2.75) is 27.3 Å². The molecule has 1 unspecified atom stereocenters. The van der Waals surface area contributed by atoms with Crippen molar-refractivity contribution in [2.24, 2.45) is 5.92 Å². The Morgan fingerprint density at radius 1 is 1.17 bits per heavy atom. The SMILES string of the molecule is Cc1cc(C)n(CC(C)CNC(=O)C(=Cc2ccco2)NC(=O)c2ccccc2)n1. The summed E-state index contributed by atoms with van der Waals surface area (Å²) >= 11 is 0. The fourth-order valence-corrected chi connectivity index (χ4v) is 3.04.